The molecular weight excluding hydrogens is 330 g/mol. The predicted molar refractivity (Wildman–Crippen MR) is 92.9 cm³/mol. The van der Waals surface area contributed by atoms with Gasteiger partial charge in [-0.1, -0.05) is 18.2 Å². The van der Waals surface area contributed by atoms with Crippen LogP contribution < -0.4 is 0 Å². The highest BCUT2D eigenvalue weighted by Crippen LogP contribution is 2.25. The number of hydrogen-bond acceptors (Lipinski definition) is 5. The van der Waals surface area contributed by atoms with E-state index in [4.69, 9.17) is 4.74 Å². The molecular formula is C17H15NO3S2. The maximum absolute atomic E-state index is 12.1. The van der Waals surface area contributed by atoms with E-state index in [1.807, 2.05) is 41.1 Å². The number of nitrogens with zero attached hydrogens (tertiary/aromatic N) is 1. The Morgan fingerprint density at radius 2 is 2.04 bits per heavy atom. The van der Waals surface area contributed by atoms with E-state index in [0.29, 0.717) is 11.4 Å². The Labute approximate surface area is 141 Å². The average Bonchev–Trinajstić information content (AvgIpc) is 3.20. The largest absolute Gasteiger partial charge is 0.451 e. The molecule has 3 aromatic rings. The third kappa shape index (κ3) is 3.78. The SMILES string of the molecule is CN(Cc1ccsc1)C(=O)COC(=O)c1cc2ccccc2s1. The lowest BCUT2D eigenvalue weighted by atomic mass is 10.2. The van der Waals surface area contributed by atoms with Crippen molar-refractivity contribution >= 4 is 44.6 Å². The van der Waals surface area contributed by atoms with Gasteiger partial charge in [0.05, 0.1) is 0 Å². The number of carbonyl (C=O) groups excluding carboxylic acids is 2. The highest BCUT2D eigenvalue weighted by atomic mass is 32.1. The van der Waals surface area contributed by atoms with Crippen molar-refractivity contribution in [3.8, 4) is 0 Å². The number of thiophene rings is 2. The van der Waals surface area contributed by atoms with E-state index in [2.05, 4.69) is 0 Å². The van der Waals surface area contributed by atoms with Gasteiger partial charge in [-0.3, -0.25) is 4.79 Å². The Morgan fingerprint density at radius 3 is 2.78 bits per heavy atom. The van der Waals surface area contributed by atoms with Crippen LogP contribution in [0.2, 0.25) is 0 Å². The fourth-order valence-corrected chi connectivity index (χ4v) is 3.75. The van der Waals surface area contributed by atoms with Crippen LogP contribution in [0.3, 0.4) is 0 Å². The fourth-order valence-electron chi connectivity index (χ4n) is 2.14. The summed E-state index contributed by atoms with van der Waals surface area (Å²) in [4.78, 5) is 26.2. The molecule has 0 aliphatic carbocycles. The molecule has 118 valence electrons. The van der Waals surface area contributed by atoms with Crippen molar-refractivity contribution in [1.82, 2.24) is 4.90 Å². The number of hydrogen-bond donors (Lipinski definition) is 0. The van der Waals surface area contributed by atoms with Gasteiger partial charge >= 0.3 is 5.97 Å². The number of amides is 1. The maximum atomic E-state index is 12.1. The molecule has 0 N–H and O–H groups in total. The lowest BCUT2D eigenvalue weighted by molar-refractivity contribution is -0.133. The monoisotopic (exact) mass is 345 g/mol. The topological polar surface area (TPSA) is 46.6 Å². The zero-order chi connectivity index (χ0) is 16.2. The third-order valence-corrected chi connectivity index (χ3v) is 5.21. The normalized spacial score (nSPS) is 10.7. The number of benzene rings is 1. The molecule has 0 saturated carbocycles. The highest BCUT2D eigenvalue weighted by molar-refractivity contribution is 7.20. The van der Waals surface area contributed by atoms with Gasteiger partial charge in [0.2, 0.25) is 0 Å². The van der Waals surface area contributed by atoms with Gasteiger partial charge in [-0.15, -0.1) is 11.3 Å². The van der Waals surface area contributed by atoms with Crippen molar-refractivity contribution in [1.29, 1.82) is 0 Å². The molecule has 2 heterocycles. The average molecular weight is 345 g/mol. The standard InChI is InChI=1S/C17H15NO3S2/c1-18(9-12-6-7-22-11-12)16(19)10-21-17(20)15-8-13-4-2-3-5-14(13)23-15/h2-8,11H,9-10H2,1H3. The summed E-state index contributed by atoms with van der Waals surface area (Å²) >= 11 is 2.96. The van der Waals surface area contributed by atoms with E-state index < -0.39 is 5.97 Å². The molecule has 6 heteroatoms. The first-order valence-electron chi connectivity index (χ1n) is 7.04. The van der Waals surface area contributed by atoms with E-state index in [0.717, 1.165) is 15.6 Å². The van der Waals surface area contributed by atoms with E-state index in [-0.39, 0.29) is 12.5 Å². The zero-order valence-corrected chi connectivity index (χ0v) is 14.2. The lowest BCUT2D eigenvalue weighted by Crippen LogP contribution is -2.30. The Balaban J connectivity index is 1.56. The summed E-state index contributed by atoms with van der Waals surface area (Å²) in [7, 11) is 1.70. The van der Waals surface area contributed by atoms with Crippen molar-refractivity contribution in [2.24, 2.45) is 0 Å². The van der Waals surface area contributed by atoms with Crippen molar-refractivity contribution in [3.05, 3.63) is 57.6 Å². The van der Waals surface area contributed by atoms with Crippen LogP contribution in [-0.4, -0.2) is 30.4 Å². The summed E-state index contributed by atoms with van der Waals surface area (Å²) in [5.74, 6) is -0.672. The van der Waals surface area contributed by atoms with Gasteiger partial charge in [0, 0.05) is 18.3 Å². The second-order valence-corrected chi connectivity index (χ2v) is 6.97. The summed E-state index contributed by atoms with van der Waals surface area (Å²) in [6.45, 7) is 0.274. The van der Waals surface area contributed by atoms with Gasteiger partial charge in [-0.25, -0.2) is 4.79 Å². The molecule has 0 aliphatic heterocycles. The van der Waals surface area contributed by atoms with Gasteiger partial charge in [0.25, 0.3) is 5.91 Å². The van der Waals surface area contributed by atoms with Crippen LogP contribution in [-0.2, 0) is 16.1 Å². The van der Waals surface area contributed by atoms with Crippen LogP contribution in [0.4, 0.5) is 0 Å². The molecule has 0 saturated heterocycles. The summed E-state index contributed by atoms with van der Waals surface area (Å²) < 4.78 is 6.17. The molecule has 0 radical (unpaired) electrons. The smallest absolute Gasteiger partial charge is 0.348 e. The minimum atomic E-state index is -0.455. The molecule has 0 bridgehead atoms. The van der Waals surface area contributed by atoms with Gasteiger partial charge in [0.15, 0.2) is 6.61 Å². The first kappa shape index (κ1) is 15.7. The van der Waals surface area contributed by atoms with Gasteiger partial charge in [-0.05, 0) is 39.9 Å². The molecule has 3 rings (SSSR count). The second kappa shape index (κ2) is 6.93. The Morgan fingerprint density at radius 1 is 1.22 bits per heavy atom. The van der Waals surface area contributed by atoms with Crippen LogP contribution in [0.25, 0.3) is 10.1 Å². The van der Waals surface area contributed by atoms with Gasteiger partial charge < -0.3 is 9.64 Å². The van der Waals surface area contributed by atoms with Crippen molar-refractivity contribution in [2.75, 3.05) is 13.7 Å². The van der Waals surface area contributed by atoms with Crippen LogP contribution in [0, 0.1) is 0 Å². The minimum absolute atomic E-state index is 0.217. The van der Waals surface area contributed by atoms with E-state index in [1.54, 1.807) is 29.4 Å². The molecule has 0 unspecified atom stereocenters. The molecule has 1 amide bonds. The molecule has 23 heavy (non-hydrogen) atoms. The Kier molecular flexibility index (Phi) is 4.73. The second-order valence-electron chi connectivity index (χ2n) is 5.11. The van der Waals surface area contributed by atoms with Crippen molar-refractivity contribution in [3.63, 3.8) is 0 Å². The van der Waals surface area contributed by atoms with Crippen LogP contribution >= 0.6 is 22.7 Å². The van der Waals surface area contributed by atoms with E-state index >= 15 is 0 Å². The summed E-state index contributed by atoms with van der Waals surface area (Å²) in [6, 6.07) is 11.5. The number of fused-ring (bicyclic) bond motifs is 1. The van der Waals surface area contributed by atoms with Gasteiger partial charge in [-0.2, -0.15) is 11.3 Å². The first-order chi connectivity index (χ1) is 11.1. The third-order valence-electron chi connectivity index (χ3n) is 3.38. The van der Waals surface area contributed by atoms with Crippen molar-refractivity contribution in [2.45, 2.75) is 6.54 Å². The number of likely N-dealkylation sites (N-methyl/N-ethyl adjacent to an activating group) is 1. The molecule has 2 aromatic heterocycles. The van der Waals surface area contributed by atoms with Crippen molar-refractivity contribution < 1.29 is 14.3 Å². The summed E-state index contributed by atoms with van der Waals surface area (Å²) in [6.07, 6.45) is 0. The number of rotatable bonds is 5. The van der Waals surface area contributed by atoms with Crippen LogP contribution in [0.5, 0.6) is 0 Å². The maximum Gasteiger partial charge on any atom is 0.348 e. The molecule has 0 aliphatic rings. The Bertz CT molecular complexity index is 790. The van der Waals surface area contributed by atoms with Crippen LogP contribution in [0.1, 0.15) is 15.2 Å². The van der Waals surface area contributed by atoms with E-state index in [1.165, 1.54) is 11.3 Å². The summed E-state index contributed by atoms with van der Waals surface area (Å²) in [5.41, 5.74) is 1.07. The zero-order valence-electron chi connectivity index (χ0n) is 12.5. The molecule has 4 nitrogen and oxygen atoms in total. The molecule has 0 atom stereocenters. The lowest BCUT2D eigenvalue weighted by Gasteiger charge is -2.16. The minimum Gasteiger partial charge on any atom is -0.451 e. The van der Waals surface area contributed by atoms with Crippen LogP contribution in [0.15, 0.2) is 47.2 Å². The summed E-state index contributed by atoms with van der Waals surface area (Å²) in [5, 5.41) is 4.97. The molecule has 0 fully saturated rings. The number of carbonyl (C=O) groups is 2. The first-order valence-corrected chi connectivity index (χ1v) is 8.80. The quantitative estimate of drug-likeness (QED) is 0.661. The highest BCUT2D eigenvalue weighted by Gasteiger charge is 2.16. The van der Waals surface area contributed by atoms with E-state index in [9.17, 15) is 9.59 Å². The Hall–Kier alpha value is -2.18. The number of esters is 1. The molecule has 0 spiro atoms. The molecule has 1 aromatic carbocycles. The predicted octanol–water partition coefficient (Wildman–Crippen LogP) is 3.78. The fraction of sp³-hybridized carbons (Fsp3) is 0.176. The van der Waals surface area contributed by atoms with Gasteiger partial charge in [0.1, 0.15) is 4.88 Å². The number of ether oxygens (including phenoxy) is 1.